The molecule has 5 nitrogen and oxygen atoms in total. The Labute approximate surface area is 111 Å². The Bertz CT molecular complexity index is 632. The summed E-state index contributed by atoms with van der Waals surface area (Å²) >= 11 is 0. The second-order valence-corrected chi connectivity index (χ2v) is 4.17. The Hall–Kier alpha value is -2.56. The molecular formula is C14H14N4O. The summed E-state index contributed by atoms with van der Waals surface area (Å²) in [5.74, 6) is 2.21. The predicted molar refractivity (Wildman–Crippen MR) is 73.9 cm³/mol. The smallest absolute Gasteiger partial charge is 0.187 e. The molecule has 0 amide bonds. The van der Waals surface area contributed by atoms with Crippen molar-refractivity contribution in [1.82, 2.24) is 14.8 Å². The summed E-state index contributed by atoms with van der Waals surface area (Å²) in [5, 5.41) is 4.25. The van der Waals surface area contributed by atoms with Crippen LogP contribution >= 0.6 is 0 Å². The molecule has 0 bridgehead atoms. The lowest BCUT2D eigenvalue weighted by molar-refractivity contribution is 0.270. The molecule has 3 heterocycles. The van der Waals surface area contributed by atoms with Crippen molar-refractivity contribution >= 4 is 11.9 Å². The fourth-order valence-corrected chi connectivity index (χ4v) is 1.96. The van der Waals surface area contributed by atoms with Gasteiger partial charge in [-0.3, -0.25) is 4.90 Å². The van der Waals surface area contributed by atoms with Crippen LogP contribution in [0.25, 0.3) is 11.9 Å². The minimum absolute atomic E-state index is 0.636. The van der Waals surface area contributed by atoms with E-state index in [0.29, 0.717) is 12.5 Å². The van der Waals surface area contributed by atoms with Gasteiger partial charge in [-0.25, -0.2) is 9.67 Å². The monoisotopic (exact) mass is 254 g/mol. The van der Waals surface area contributed by atoms with Crippen molar-refractivity contribution in [1.29, 1.82) is 0 Å². The molecule has 1 saturated heterocycles. The van der Waals surface area contributed by atoms with Crippen LogP contribution in [-0.2, 0) is 4.74 Å². The fraction of sp³-hybridized carbons (Fsp3) is 0.143. The van der Waals surface area contributed by atoms with Crippen LogP contribution in [0.5, 0.6) is 0 Å². The van der Waals surface area contributed by atoms with Crippen LogP contribution < -0.4 is 4.90 Å². The molecule has 0 aliphatic carbocycles. The van der Waals surface area contributed by atoms with Gasteiger partial charge in [-0.15, -0.1) is 0 Å². The van der Waals surface area contributed by atoms with Crippen molar-refractivity contribution in [2.75, 3.05) is 18.1 Å². The van der Waals surface area contributed by atoms with Gasteiger partial charge < -0.3 is 4.74 Å². The maximum atomic E-state index is 5.34. The Morgan fingerprint density at radius 1 is 1.32 bits per heavy atom. The molecular weight excluding hydrogens is 240 g/mol. The number of anilines is 1. The molecule has 2 aromatic rings. The summed E-state index contributed by atoms with van der Waals surface area (Å²) in [6.45, 7) is 8.99. The lowest BCUT2D eigenvalue weighted by Gasteiger charge is -2.15. The quantitative estimate of drug-likeness (QED) is 0.842. The van der Waals surface area contributed by atoms with Crippen LogP contribution in [-0.4, -0.2) is 27.9 Å². The van der Waals surface area contributed by atoms with Gasteiger partial charge in [-0.05, 0) is 18.7 Å². The van der Waals surface area contributed by atoms with Gasteiger partial charge in [0, 0.05) is 11.8 Å². The first-order chi connectivity index (χ1) is 9.28. The van der Waals surface area contributed by atoms with Crippen molar-refractivity contribution in [3.63, 3.8) is 0 Å². The summed E-state index contributed by atoms with van der Waals surface area (Å²) < 4.78 is 7.07. The molecule has 2 aromatic heterocycles. The average Bonchev–Trinajstić information content (AvgIpc) is 3.07. The van der Waals surface area contributed by atoms with Crippen molar-refractivity contribution in [3.8, 4) is 5.82 Å². The highest BCUT2D eigenvalue weighted by Gasteiger charge is 2.19. The highest BCUT2D eigenvalue weighted by Crippen LogP contribution is 2.21. The van der Waals surface area contributed by atoms with E-state index in [4.69, 9.17) is 4.74 Å². The Morgan fingerprint density at radius 3 is 2.84 bits per heavy atom. The third kappa shape index (κ3) is 2.10. The van der Waals surface area contributed by atoms with Gasteiger partial charge in [0.15, 0.2) is 11.7 Å². The third-order valence-electron chi connectivity index (χ3n) is 2.95. The molecule has 0 saturated carbocycles. The molecule has 0 atom stereocenters. The molecule has 1 aliphatic rings. The fourth-order valence-electron chi connectivity index (χ4n) is 1.96. The molecule has 96 valence electrons. The largest absolute Gasteiger partial charge is 0.477 e. The number of ether oxygens (including phenoxy) is 1. The standard InChI is InChI=1S/C14H14N4O/c1-3-12-9-15-18(10-12)14-6-4-5-13(16-14)17-7-8-19-11(17)2/h3-6,9-10H,1-2,7-8H2. The van der Waals surface area contributed by atoms with Gasteiger partial charge >= 0.3 is 0 Å². The normalized spacial score (nSPS) is 14.5. The zero-order valence-corrected chi connectivity index (χ0v) is 10.5. The lowest BCUT2D eigenvalue weighted by Crippen LogP contribution is -2.18. The summed E-state index contributed by atoms with van der Waals surface area (Å²) in [6, 6.07) is 5.78. The topological polar surface area (TPSA) is 43.2 Å². The van der Waals surface area contributed by atoms with Crippen molar-refractivity contribution in [2.45, 2.75) is 0 Å². The Kier molecular flexibility index (Phi) is 2.79. The van der Waals surface area contributed by atoms with Gasteiger partial charge in [-0.2, -0.15) is 5.10 Å². The summed E-state index contributed by atoms with van der Waals surface area (Å²) in [6.07, 6.45) is 5.39. The lowest BCUT2D eigenvalue weighted by atomic mass is 10.4. The van der Waals surface area contributed by atoms with E-state index < -0.39 is 0 Å². The van der Waals surface area contributed by atoms with Crippen LogP contribution in [0.2, 0.25) is 0 Å². The number of hydrogen-bond donors (Lipinski definition) is 0. The molecule has 1 fully saturated rings. The van der Waals surface area contributed by atoms with Gasteiger partial charge in [0.2, 0.25) is 0 Å². The van der Waals surface area contributed by atoms with Crippen LogP contribution in [0.15, 0.2) is 49.6 Å². The van der Waals surface area contributed by atoms with Gasteiger partial charge in [0.1, 0.15) is 12.4 Å². The number of pyridine rings is 1. The van der Waals surface area contributed by atoms with E-state index >= 15 is 0 Å². The minimum Gasteiger partial charge on any atom is -0.477 e. The first-order valence-electron chi connectivity index (χ1n) is 6.02. The van der Waals surface area contributed by atoms with E-state index in [2.05, 4.69) is 23.2 Å². The molecule has 0 radical (unpaired) electrons. The SMILES string of the molecule is C=Cc1cnn(-c2cccc(N3CCOC3=C)n2)c1. The van der Waals surface area contributed by atoms with Crippen LogP contribution in [0.1, 0.15) is 5.56 Å². The van der Waals surface area contributed by atoms with E-state index in [-0.39, 0.29) is 0 Å². The molecule has 19 heavy (non-hydrogen) atoms. The first kappa shape index (κ1) is 11.5. The van der Waals surface area contributed by atoms with E-state index in [0.717, 1.165) is 23.7 Å². The van der Waals surface area contributed by atoms with Crippen LogP contribution in [0.3, 0.4) is 0 Å². The molecule has 0 spiro atoms. The second kappa shape index (κ2) is 4.61. The van der Waals surface area contributed by atoms with E-state index in [1.807, 2.05) is 29.3 Å². The number of hydrogen-bond acceptors (Lipinski definition) is 4. The van der Waals surface area contributed by atoms with Crippen molar-refractivity contribution < 1.29 is 4.74 Å². The molecule has 0 unspecified atom stereocenters. The van der Waals surface area contributed by atoms with Crippen molar-refractivity contribution in [3.05, 3.63) is 55.2 Å². The van der Waals surface area contributed by atoms with Gasteiger partial charge in [0.05, 0.1) is 12.7 Å². The summed E-state index contributed by atoms with van der Waals surface area (Å²) in [5.41, 5.74) is 0.959. The molecule has 0 N–H and O–H groups in total. The number of nitrogens with zero attached hydrogens (tertiary/aromatic N) is 4. The minimum atomic E-state index is 0.636. The van der Waals surface area contributed by atoms with Crippen LogP contribution in [0.4, 0.5) is 5.82 Å². The maximum absolute atomic E-state index is 5.34. The maximum Gasteiger partial charge on any atom is 0.187 e. The van der Waals surface area contributed by atoms with E-state index in [1.165, 1.54) is 0 Å². The molecule has 5 heteroatoms. The highest BCUT2D eigenvalue weighted by atomic mass is 16.5. The van der Waals surface area contributed by atoms with Gasteiger partial charge in [0.25, 0.3) is 0 Å². The second-order valence-electron chi connectivity index (χ2n) is 4.17. The molecule has 3 rings (SSSR count). The molecule has 0 aromatic carbocycles. The number of rotatable bonds is 3. The summed E-state index contributed by atoms with van der Waals surface area (Å²) in [4.78, 5) is 6.52. The predicted octanol–water partition coefficient (Wildman–Crippen LogP) is 2.22. The van der Waals surface area contributed by atoms with Gasteiger partial charge in [-0.1, -0.05) is 18.7 Å². The molecule has 1 aliphatic heterocycles. The first-order valence-corrected chi connectivity index (χ1v) is 6.02. The summed E-state index contributed by atoms with van der Waals surface area (Å²) in [7, 11) is 0. The van der Waals surface area contributed by atoms with E-state index in [1.54, 1.807) is 17.0 Å². The highest BCUT2D eigenvalue weighted by molar-refractivity contribution is 5.49. The Balaban J connectivity index is 1.95. The average molecular weight is 254 g/mol. The van der Waals surface area contributed by atoms with Crippen molar-refractivity contribution in [2.24, 2.45) is 0 Å². The zero-order valence-electron chi connectivity index (χ0n) is 10.5. The zero-order chi connectivity index (χ0) is 13.2. The Morgan fingerprint density at radius 2 is 2.16 bits per heavy atom. The third-order valence-corrected chi connectivity index (χ3v) is 2.95. The number of aromatic nitrogens is 3. The van der Waals surface area contributed by atoms with E-state index in [9.17, 15) is 0 Å². The van der Waals surface area contributed by atoms with Crippen LogP contribution in [0, 0.1) is 0 Å².